The first-order valence-corrected chi connectivity index (χ1v) is 8.11. The van der Waals surface area contributed by atoms with Crippen LogP contribution in [0, 0.1) is 11.7 Å². The van der Waals surface area contributed by atoms with Crippen LogP contribution in [0.3, 0.4) is 0 Å². The van der Waals surface area contributed by atoms with Crippen molar-refractivity contribution in [1.82, 2.24) is 15.3 Å². The highest BCUT2D eigenvalue weighted by molar-refractivity contribution is 6.02. The lowest BCUT2D eigenvalue weighted by Crippen LogP contribution is -2.35. The quantitative estimate of drug-likeness (QED) is 0.667. The molecule has 2 aromatic heterocycles. The molecule has 1 saturated carbocycles. The molecule has 1 aliphatic rings. The summed E-state index contributed by atoms with van der Waals surface area (Å²) in [7, 11) is 0. The molecule has 26 heavy (non-hydrogen) atoms. The van der Waals surface area contributed by atoms with E-state index >= 15 is 0 Å². The third-order valence-electron chi connectivity index (χ3n) is 4.01. The van der Waals surface area contributed by atoms with Crippen LogP contribution in [0.2, 0.25) is 0 Å². The average Bonchev–Trinajstić information content (AvgIpc) is 3.35. The number of halogens is 1. The maximum absolute atomic E-state index is 14.3. The van der Waals surface area contributed by atoms with Gasteiger partial charge < -0.3 is 15.0 Å². The van der Waals surface area contributed by atoms with Gasteiger partial charge in [-0.2, -0.15) is 0 Å². The second kappa shape index (κ2) is 6.47. The summed E-state index contributed by atoms with van der Waals surface area (Å²) in [5.41, 5.74) is 0.857. The SMILES string of the molecule is O=C(NC(=O)C1CC1)Nc1ccc(Oc2ccnc3[nH]ccc23)c(F)c1. The number of ether oxygens (including phenoxy) is 1. The zero-order valence-electron chi connectivity index (χ0n) is 13.6. The van der Waals surface area contributed by atoms with Crippen LogP contribution >= 0.6 is 0 Å². The van der Waals surface area contributed by atoms with Crippen molar-refractivity contribution in [3.05, 3.63) is 48.5 Å². The van der Waals surface area contributed by atoms with E-state index < -0.39 is 11.8 Å². The van der Waals surface area contributed by atoms with Gasteiger partial charge in [-0.25, -0.2) is 14.2 Å². The Morgan fingerprint density at radius 2 is 2.04 bits per heavy atom. The van der Waals surface area contributed by atoms with E-state index in [1.165, 1.54) is 12.1 Å². The summed E-state index contributed by atoms with van der Waals surface area (Å²) in [5.74, 6) is -0.561. The molecule has 8 heteroatoms. The molecule has 0 spiro atoms. The monoisotopic (exact) mass is 354 g/mol. The smallest absolute Gasteiger partial charge is 0.325 e. The predicted molar refractivity (Wildman–Crippen MR) is 92.5 cm³/mol. The van der Waals surface area contributed by atoms with Crippen molar-refractivity contribution in [1.29, 1.82) is 0 Å². The van der Waals surface area contributed by atoms with Crippen molar-refractivity contribution in [2.45, 2.75) is 12.8 Å². The Bertz CT molecular complexity index is 997. The summed E-state index contributed by atoms with van der Waals surface area (Å²) in [6.45, 7) is 0. The van der Waals surface area contributed by atoms with Crippen LogP contribution in [-0.2, 0) is 4.79 Å². The number of nitrogens with zero attached hydrogens (tertiary/aromatic N) is 1. The summed E-state index contributed by atoms with van der Waals surface area (Å²) < 4.78 is 20.0. The second-order valence-electron chi connectivity index (χ2n) is 6.01. The van der Waals surface area contributed by atoms with Crippen LogP contribution in [0.15, 0.2) is 42.7 Å². The number of H-pyrrole nitrogens is 1. The molecule has 0 unspecified atom stereocenters. The highest BCUT2D eigenvalue weighted by Crippen LogP contribution is 2.31. The van der Waals surface area contributed by atoms with Crippen LogP contribution in [0.1, 0.15) is 12.8 Å². The lowest BCUT2D eigenvalue weighted by atomic mass is 10.2. The van der Waals surface area contributed by atoms with Gasteiger partial charge in [0, 0.05) is 30.1 Å². The standard InChI is InChI=1S/C18H15FN4O3/c19-13-9-11(22-18(25)23-17(24)10-1-2-10)3-4-15(13)26-14-6-8-21-16-12(14)5-7-20-16/h3-10H,1-2H2,(H,20,21)(H2,22,23,24,25). The minimum atomic E-state index is -0.682. The summed E-state index contributed by atoms with van der Waals surface area (Å²) in [5, 5.41) is 5.39. The maximum Gasteiger partial charge on any atom is 0.325 e. The Labute approximate surface area is 147 Å². The lowest BCUT2D eigenvalue weighted by molar-refractivity contribution is -0.121. The number of aromatic amines is 1. The van der Waals surface area contributed by atoms with E-state index in [1.54, 1.807) is 24.5 Å². The molecule has 0 radical (unpaired) electrons. The molecule has 0 bridgehead atoms. The van der Waals surface area contributed by atoms with E-state index in [0.29, 0.717) is 11.4 Å². The van der Waals surface area contributed by atoms with Crippen molar-refractivity contribution < 1.29 is 18.7 Å². The van der Waals surface area contributed by atoms with E-state index in [2.05, 4.69) is 20.6 Å². The average molecular weight is 354 g/mol. The molecule has 2 heterocycles. The van der Waals surface area contributed by atoms with Gasteiger partial charge in [0.05, 0.1) is 5.39 Å². The first kappa shape index (κ1) is 16.1. The Morgan fingerprint density at radius 3 is 2.81 bits per heavy atom. The number of imide groups is 1. The summed E-state index contributed by atoms with van der Waals surface area (Å²) in [6.07, 6.45) is 4.87. The third-order valence-corrected chi connectivity index (χ3v) is 4.01. The normalized spacial score (nSPS) is 13.4. The lowest BCUT2D eigenvalue weighted by Gasteiger charge is -2.10. The number of hydrogen-bond donors (Lipinski definition) is 3. The van der Waals surface area contributed by atoms with E-state index in [9.17, 15) is 14.0 Å². The molecule has 3 amide bonds. The summed E-state index contributed by atoms with van der Waals surface area (Å²) >= 11 is 0. The molecular weight excluding hydrogens is 339 g/mol. The molecule has 1 aliphatic carbocycles. The van der Waals surface area contributed by atoms with Crippen LogP contribution in [-0.4, -0.2) is 21.9 Å². The Kier molecular flexibility index (Phi) is 4.00. The van der Waals surface area contributed by atoms with Crippen molar-refractivity contribution in [2.24, 2.45) is 5.92 Å². The van der Waals surface area contributed by atoms with E-state index in [4.69, 9.17) is 4.74 Å². The largest absolute Gasteiger partial charge is 0.453 e. The second-order valence-corrected chi connectivity index (χ2v) is 6.01. The number of carbonyl (C=O) groups is 2. The molecule has 7 nitrogen and oxygen atoms in total. The predicted octanol–water partition coefficient (Wildman–Crippen LogP) is 3.55. The fraction of sp³-hybridized carbons (Fsp3) is 0.167. The van der Waals surface area contributed by atoms with Gasteiger partial charge in [-0.05, 0) is 37.1 Å². The molecule has 0 aliphatic heterocycles. The topological polar surface area (TPSA) is 96.1 Å². The molecule has 1 aromatic carbocycles. The van der Waals surface area contributed by atoms with Gasteiger partial charge in [0.25, 0.3) is 0 Å². The van der Waals surface area contributed by atoms with Crippen molar-refractivity contribution in [2.75, 3.05) is 5.32 Å². The number of urea groups is 1. The van der Waals surface area contributed by atoms with Crippen LogP contribution in [0.4, 0.5) is 14.9 Å². The number of pyridine rings is 1. The van der Waals surface area contributed by atoms with Crippen molar-refractivity contribution in [3.63, 3.8) is 0 Å². The number of carbonyl (C=O) groups excluding carboxylic acids is 2. The van der Waals surface area contributed by atoms with Crippen molar-refractivity contribution >= 4 is 28.7 Å². The van der Waals surface area contributed by atoms with Gasteiger partial charge >= 0.3 is 6.03 Å². The number of fused-ring (bicyclic) bond motifs is 1. The number of hydrogen-bond acceptors (Lipinski definition) is 4. The Hall–Kier alpha value is -3.42. The van der Waals surface area contributed by atoms with Gasteiger partial charge in [-0.3, -0.25) is 10.1 Å². The zero-order chi connectivity index (χ0) is 18.1. The van der Waals surface area contributed by atoms with E-state index in [1.807, 2.05) is 0 Å². The highest BCUT2D eigenvalue weighted by Gasteiger charge is 2.30. The van der Waals surface area contributed by atoms with Gasteiger partial charge in [-0.1, -0.05) is 0 Å². The number of anilines is 1. The van der Waals surface area contributed by atoms with Gasteiger partial charge in [-0.15, -0.1) is 0 Å². The van der Waals surface area contributed by atoms with Crippen LogP contribution in [0.5, 0.6) is 11.5 Å². The maximum atomic E-state index is 14.3. The third kappa shape index (κ3) is 3.34. The first-order valence-electron chi connectivity index (χ1n) is 8.11. The molecule has 3 N–H and O–H groups in total. The molecule has 3 aromatic rings. The number of rotatable bonds is 4. The molecule has 1 fully saturated rings. The minimum Gasteiger partial charge on any atom is -0.453 e. The Balaban J connectivity index is 1.46. The van der Waals surface area contributed by atoms with Crippen LogP contribution < -0.4 is 15.4 Å². The first-order chi connectivity index (χ1) is 12.6. The molecule has 0 atom stereocenters. The van der Waals surface area contributed by atoms with Gasteiger partial charge in [0.15, 0.2) is 11.6 Å². The van der Waals surface area contributed by atoms with E-state index in [0.717, 1.165) is 24.3 Å². The molecular formula is C18H15FN4O3. The summed E-state index contributed by atoms with van der Waals surface area (Å²) in [6, 6.07) is 6.78. The van der Waals surface area contributed by atoms with Crippen molar-refractivity contribution in [3.8, 4) is 11.5 Å². The van der Waals surface area contributed by atoms with E-state index in [-0.39, 0.29) is 23.3 Å². The molecule has 0 saturated heterocycles. The van der Waals surface area contributed by atoms with Crippen LogP contribution in [0.25, 0.3) is 11.0 Å². The minimum absolute atomic E-state index is 0.0127. The fourth-order valence-electron chi connectivity index (χ4n) is 2.53. The number of amides is 3. The van der Waals surface area contributed by atoms with Gasteiger partial charge in [0.1, 0.15) is 11.4 Å². The Morgan fingerprint density at radius 1 is 1.19 bits per heavy atom. The number of aromatic nitrogens is 2. The fourth-order valence-corrected chi connectivity index (χ4v) is 2.53. The van der Waals surface area contributed by atoms with Gasteiger partial charge in [0.2, 0.25) is 5.91 Å². The molecule has 132 valence electrons. The summed E-state index contributed by atoms with van der Waals surface area (Å²) in [4.78, 5) is 30.4. The number of nitrogens with one attached hydrogen (secondary N) is 3. The molecule has 4 rings (SSSR count). The zero-order valence-corrected chi connectivity index (χ0v) is 13.6. The highest BCUT2D eigenvalue weighted by atomic mass is 19.1. The number of benzene rings is 1.